The molecule has 1 fully saturated rings. The molecule has 0 N–H and O–H groups in total. The van der Waals surface area contributed by atoms with E-state index in [1.54, 1.807) is 24.0 Å². The number of amides is 1. The molecule has 0 aliphatic carbocycles. The van der Waals surface area contributed by atoms with E-state index in [9.17, 15) is 13.2 Å². The van der Waals surface area contributed by atoms with E-state index in [4.69, 9.17) is 0 Å². The van der Waals surface area contributed by atoms with Crippen molar-refractivity contribution in [3.05, 3.63) is 53.5 Å². The van der Waals surface area contributed by atoms with Crippen LogP contribution < -0.4 is 0 Å². The lowest BCUT2D eigenvalue weighted by Crippen LogP contribution is -2.49. The standard InChI is InChI=1S/C16H20N2O3S/c1-2-6-16(19)17-10-12-18(13-11-17)22(20,21)14-9-15-7-4-3-5-8-15/h2-9,14H,10-13H2,1H3/b6-2+,14-9+. The van der Waals surface area contributed by atoms with Crippen LogP contribution in [-0.4, -0.2) is 49.7 Å². The van der Waals surface area contributed by atoms with Crippen LogP contribution >= 0.6 is 0 Å². The van der Waals surface area contributed by atoms with Gasteiger partial charge in [0.15, 0.2) is 0 Å². The molecule has 1 aromatic carbocycles. The van der Waals surface area contributed by atoms with Gasteiger partial charge in [0.1, 0.15) is 0 Å². The van der Waals surface area contributed by atoms with Crippen molar-refractivity contribution in [1.29, 1.82) is 0 Å². The summed E-state index contributed by atoms with van der Waals surface area (Å²) >= 11 is 0. The highest BCUT2D eigenvalue weighted by Gasteiger charge is 2.26. The molecule has 1 amide bonds. The van der Waals surface area contributed by atoms with Gasteiger partial charge in [0.2, 0.25) is 15.9 Å². The minimum Gasteiger partial charge on any atom is -0.337 e. The van der Waals surface area contributed by atoms with E-state index in [0.717, 1.165) is 5.56 Å². The number of carbonyl (C=O) groups excluding carboxylic acids is 1. The van der Waals surface area contributed by atoms with Crippen molar-refractivity contribution in [3.63, 3.8) is 0 Å². The summed E-state index contributed by atoms with van der Waals surface area (Å²) in [6.07, 6.45) is 4.78. The monoisotopic (exact) mass is 320 g/mol. The Morgan fingerprint density at radius 3 is 2.32 bits per heavy atom. The highest BCUT2D eigenvalue weighted by molar-refractivity contribution is 7.92. The van der Waals surface area contributed by atoms with Crippen LogP contribution in [0.15, 0.2) is 47.9 Å². The van der Waals surface area contributed by atoms with Crippen molar-refractivity contribution >= 4 is 22.0 Å². The fraction of sp³-hybridized carbons (Fsp3) is 0.312. The molecule has 0 unspecified atom stereocenters. The van der Waals surface area contributed by atoms with Crippen molar-refractivity contribution in [3.8, 4) is 0 Å². The van der Waals surface area contributed by atoms with E-state index < -0.39 is 10.0 Å². The lowest BCUT2D eigenvalue weighted by molar-refractivity contribution is -0.127. The maximum atomic E-state index is 12.3. The summed E-state index contributed by atoms with van der Waals surface area (Å²) in [5, 5.41) is 1.23. The summed E-state index contributed by atoms with van der Waals surface area (Å²) < 4.78 is 26.0. The Morgan fingerprint density at radius 2 is 1.73 bits per heavy atom. The van der Waals surface area contributed by atoms with Gasteiger partial charge >= 0.3 is 0 Å². The maximum absolute atomic E-state index is 12.3. The van der Waals surface area contributed by atoms with Gasteiger partial charge in [-0.3, -0.25) is 4.79 Å². The second-order valence-electron chi connectivity index (χ2n) is 4.98. The second-order valence-corrected chi connectivity index (χ2v) is 6.80. The van der Waals surface area contributed by atoms with E-state index in [2.05, 4.69) is 0 Å². The normalized spacial score (nSPS) is 17.4. The van der Waals surface area contributed by atoms with E-state index >= 15 is 0 Å². The first kappa shape index (κ1) is 16.5. The first-order chi connectivity index (χ1) is 10.5. The zero-order valence-corrected chi connectivity index (χ0v) is 13.4. The number of carbonyl (C=O) groups is 1. The van der Waals surface area contributed by atoms with Crippen molar-refractivity contribution in [2.45, 2.75) is 6.92 Å². The summed E-state index contributed by atoms with van der Waals surface area (Å²) in [5.41, 5.74) is 0.841. The molecular weight excluding hydrogens is 300 g/mol. The third-order valence-corrected chi connectivity index (χ3v) is 5.02. The van der Waals surface area contributed by atoms with Crippen LogP contribution in [0.25, 0.3) is 6.08 Å². The highest BCUT2D eigenvalue weighted by atomic mass is 32.2. The van der Waals surface area contributed by atoms with Gasteiger partial charge in [-0.1, -0.05) is 36.4 Å². The Hall–Kier alpha value is -1.92. The molecule has 1 aromatic rings. The van der Waals surface area contributed by atoms with Gasteiger partial charge in [0.05, 0.1) is 0 Å². The Balaban J connectivity index is 1.98. The number of rotatable bonds is 4. The Kier molecular flexibility index (Phi) is 5.51. The van der Waals surface area contributed by atoms with E-state index in [0.29, 0.717) is 26.2 Å². The van der Waals surface area contributed by atoms with Crippen LogP contribution in [0.5, 0.6) is 0 Å². The molecule has 0 atom stereocenters. The highest BCUT2D eigenvalue weighted by Crippen LogP contribution is 2.11. The summed E-state index contributed by atoms with van der Waals surface area (Å²) in [6, 6.07) is 9.29. The van der Waals surface area contributed by atoms with E-state index in [1.807, 2.05) is 30.3 Å². The van der Waals surface area contributed by atoms with Crippen LogP contribution in [0.4, 0.5) is 0 Å². The number of allylic oxidation sites excluding steroid dienone is 1. The van der Waals surface area contributed by atoms with Gasteiger partial charge in [-0.15, -0.1) is 0 Å². The Labute approximate surface area is 131 Å². The minimum absolute atomic E-state index is 0.0700. The molecule has 2 rings (SSSR count). The summed E-state index contributed by atoms with van der Waals surface area (Å²) in [4.78, 5) is 13.4. The molecule has 1 saturated heterocycles. The smallest absolute Gasteiger partial charge is 0.246 e. The largest absolute Gasteiger partial charge is 0.337 e. The molecule has 6 heteroatoms. The average molecular weight is 320 g/mol. The van der Waals surface area contributed by atoms with Crippen LogP contribution in [0.3, 0.4) is 0 Å². The zero-order valence-electron chi connectivity index (χ0n) is 12.6. The molecule has 118 valence electrons. The van der Waals surface area contributed by atoms with Crippen molar-refractivity contribution in [2.75, 3.05) is 26.2 Å². The zero-order chi connectivity index (χ0) is 16.0. The predicted octanol–water partition coefficient (Wildman–Crippen LogP) is 1.71. The quantitative estimate of drug-likeness (QED) is 0.794. The molecule has 1 aliphatic heterocycles. The topological polar surface area (TPSA) is 57.7 Å². The van der Waals surface area contributed by atoms with Crippen molar-refractivity contribution < 1.29 is 13.2 Å². The number of benzene rings is 1. The van der Waals surface area contributed by atoms with E-state index in [-0.39, 0.29) is 5.91 Å². The summed E-state index contributed by atoms with van der Waals surface area (Å²) in [6.45, 7) is 3.27. The molecule has 0 bridgehead atoms. The lowest BCUT2D eigenvalue weighted by Gasteiger charge is -2.32. The molecule has 0 saturated carbocycles. The third-order valence-electron chi connectivity index (χ3n) is 3.45. The van der Waals surface area contributed by atoms with Crippen LogP contribution in [-0.2, 0) is 14.8 Å². The molecule has 22 heavy (non-hydrogen) atoms. The summed E-state index contributed by atoms with van der Waals surface area (Å²) in [5.74, 6) is -0.0700. The molecule has 5 nitrogen and oxygen atoms in total. The fourth-order valence-electron chi connectivity index (χ4n) is 2.23. The van der Waals surface area contributed by atoms with Gasteiger partial charge in [-0.05, 0) is 24.6 Å². The van der Waals surface area contributed by atoms with Crippen molar-refractivity contribution in [1.82, 2.24) is 9.21 Å². The average Bonchev–Trinajstić information content (AvgIpc) is 2.54. The SMILES string of the molecule is C/C=C/C(=O)N1CCN(S(=O)(=O)/C=C/c2ccccc2)CC1. The minimum atomic E-state index is -3.45. The van der Waals surface area contributed by atoms with Crippen molar-refractivity contribution in [2.24, 2.45) is 0 Å². The number of nitrogens with zero attached hydrogens (tertiary/aromatic N) is 2. The summed E-state index contributed by atoms with van der Waals surface area (Å²) in [7, 11) is -3.45. The molecule has 0 spiro atoms. The maximum Gasteiger partial charge on any atom is 0.246 e. The molecule has 0 radical (unpaired) electrons. The molecule has 1 aliphatic rings. The third kappa shape index (κ3) is 4.29. The van der Waals surface area contributed by atoms with E-state index in [1.165, 1.54) is 15.8 Å². The molecule has 0 aromatic heterocycles. The van der Waals surface area contributed by atoms with Gasteiger partial charge in [0.25, 0.3) is 0 Å². The van der Waals surface area contributed by atoms with Gasteiger partial charge in [-0.25, -0.2) is 8.42 Å². The number of hydrogen-bond acceptors (Lipinski definition) is 3. The van der Waals surface area contributed by atoms with Gasteiger partial charge in [0, 0.05) is 31.6 Å². The predicted molar refractivity (Wildman–Crippen MR) is 87.4 cm³/mol. The molecule has 1 heterocycles. The van der Waals surface area contributed by atoms with Crippen LogP contribution in [0, 0.1) is 0 Å². The van der Waals surface area contributed by atoms with Crippen LogP contribution in [0.2, 0.25) is 0 Å². The van der Waals surface area contributed by atoms with Crippen LogP contribution in [0.1, 0.15) is 12.5 Å². The second kappa shape index (κ2) is 7.38. The number of piperazine rings is 1. The first-order valence-electron chi connectivity index (χ1n) is 7.18. The Morgan fingerprint density at radius 1 is 1.09 bits per heavy atom. The van der Waals surface area contributed by atoms with Gasteiger partial charge < -0.3 is 4.90 Å². The first-order valence-corrected chi connectivity index (χ1v) is 8.68. The number of sulfonamides is 1. The Bertz CT molecular complexity index is 658. The number of hydrogen-bond donors (Lipinski definition) is 0. The van der Waals surface area contributed by atoms with Gasteiger partial charge in [-0.2, -0.15) is 4.31 Å². The lowest BCUT2D eigenvalue weighted by atomic mass is 10.2. The fourth-order valence-corrected chi connectivity index (χ4v) is 3.40. The molecular formula is C16H20N2O3S.